The van der Waals surface area contributed by atoms with E-state index in [1.54, 1.807) is 11.3 Å². The Morgan fingerprint density at radius 3 is 2.86 bits per heavy atom. The van der Waals surface area contributed by atoms with Gasteiger partial charge in [0.25, 0.3) is 0 Å². The first-order valence-corrected chi connectivity index (χ1v) is 8.31. The lowest BCUT2D eigenvalue weighted by molar-refractivity contribution is -0.121. The van der Waals surface area contributed by atoms with E-state index in [1.165, 1.54) is 4.88 Å². The molecule has 2 aromatic rings. The molecule has 0 radical (unpaired) electrons. The van der Waals surface area contributed by atoms with Crippen LogP contribution in [0.15, 0.2) is 35.7 Å². The molecule has 0 bridgehead atoms. The molecule has 1 aliphatic heterocycles. The van der Waals surface area contributed by atoms with E-state index in [1.807, 2.05) is 36.6 Å². The number of benzene rings is 1. The van der Waals surface area contributed by atoms with Crippen LogP contribution < -0.4 is 14.8 Å². The zero-order chi connectivity index (χ0) is 15.4. The lowest BCUT2D eigenvalue weighted by atomic mass is 10.1. The quantitative estimate of drug-likeness (QED) is 0.920. The van der Waals surface area contributed by atoms with Gasteiger partial charge in [0, 0.05) is 11.3 Å². The van der Waals surface area contributed by atoms with Crippen molar-refractivity contribution in [2.75, 3.05) is 13.2 Å². The molecule has 1 aromatic heterocycles. The molecule has 5 heteroatoms. The number of amides is 1. The first-order valence-electron chi connectivity index (χ1n) is 7.43. The molecule has 116 valence electrons. The highest BCUT2D eigenvalue weighted by Crippen LogP contribution is 2.32. The van der Waals surface area contributed by atoms with Crippen molar-refractivity contribution in [2.24, 2.45) is 0 Å². The minimum atomic E-state index is -0.0494. The van der Waals surface area contributed by atoms with Crippen molar-refractivity contribution in [2.45, 2.75) is 25.8 Å². The minimum Gasteiger partial charge on any atom is -0.486 e. The summed E-state index contributed by atoms with van der Waals surface area (Å²) in [6.07, 6.45) is 1.30. The highest BCUT2D eigenvalue weighted by Gasteiger charge is 2.15. The number of carbonyl (C=O) groups excluding carboxylic acids is 1. The van der Waals surface area contributed by atoms with Gasteiger partial charge in [0.2, 0.25) is 5.91 Å². The Hall–Kier alpha value is -2.01. The maximum atomic E-state index is 12.0. The van der Waals surface area contributed by atoms with Gasteiger partial charge in [0.15, 0.2) is 11.5 Å². The van der Waals surface area contributed by atoms with Gasteiger partial charge < -0.3 is 14.8 Å². The smallest absolute Gasteiger partial charge is 0.220 e. The third-order valence-electron chi connectivity index (χ3n) is 3.62. The van der Waals surface area contributed by atoms with Gasteiger partial charge in [-0.1, -0.05) is 12.1 Å². The van der Waals surface area contributed by atoms with Crippen LogP contribution in [-0.2, 0) is 11.2 Å². The lowest BCUT2D eigenvalue weighted by Crippen LogP contribution is -2.27. The van der Waals surface area contributed by atoms with Crippen LogP contribution in [0.3, 0.4) is 0 Å². The normalized spacial score (nSPS) is 14.4. The largest absolute Gasteiger partial charge is 0.486 e. The van der Waals surface area contributed by atoms with E-state index in [-0.39, 0.29) is 11.9 Å². The summed E-state index contributed by atoms with van der Waals surface area (Å²) in [5, 5.41) is 5.07. The van der Waals surface area contributed by atoms with E-state index in [0.717, 1.165) is 23.5 Å². The van der Waals surface area contributed by atoms with Crippen molar-refractivity contribution in [3.8, 4) is 11.5 Å². The minimum absolute atomic E-state index is 0.0494. The molecule has 1 aromatic carbocycles. The summed E-state index contributed by atoms with van der Waals surface area (Å²) >= 11 is 1.69. The van der Waals surface area contributed by atoms with Crippen molar-refractivity contribution in [1.82, 2.24) is 5.32 Å². The van der Waals surface area contributed by atoms with Crippen LogP contribution in [0.2, 0.25) is 0 Å². The Bertz CT molecular complexity index is 639. The monoisotopic (exact) mass is 317 g/mol. The number of hydrogen-bond donors (Lipinski definition) is 1. The summed E-state index contributed by atoms with van der Waals surface area (Å²) in [4.78, 5) is 13.3. The molecule has 0 fully saturated rings. The number of hydrogen-bond acceptors (Lipinski definition) is 4. The van der Waals surface area contributed by atoms with E-state index in [9.17, 15) is 4.79 Å². The summed E-state index contributed by atoms with van der Waals surface area (Å²) in [6, 6.07) is 9.83. The second-order valence-electron chi connectivity index (χ2n) is 5.27. The molecule has 3 rings (SSSR count). The molecule has 1 amide bonds. The van der Waals surface area contributed by atoms with Crippen molar-refractivity contribution < 1.29 is 14.3 Å². The highest BCUT2D eigenvalue weighted by atomic mass is 32.1. The Balaban J connectivity index is 1.56. The number of nitrogens with one attached hydrogen (secondary N) is 1. The zero-order valence-corrected chi connectivity index (χ0v) is 13.3. The van der Waals surface area contributed by atoms with Gasteiger partial charge >= 0.3 is 0 Å². The molecule has 0 saturated heterocycles. The van der Waals surface area contributed by atoms with Crippen LogP contribution >= 0.6 is 11.3 Å². The molecule has 4 nitrogen and oxygen atoms in total. The van der Waals surface area contributed by atoms with Gasteiger partial charge in [-0.15, -0.1) is 11.3 Å². The fourth-order valence-electron chi connectivity index (χ4n) is 2.42. The van der Waals surface area contributed by atoms with Crippen molar-refractivity contribution in [3.05, 3.63) is 46.2 Å². The first kappa shape index (κ1) is 14.9. The van der Waals surface area contributed by atoms with Crippen molar-refractivity contribution >= 4 is 17.2 Å². The Morgan fingerprint density at radius 1 is 1.27 bits per heavy atom. The lowest BCUT2D eigenvalue weighted by Gasteiger charge is -2.21. The van der Waals surface area contributed by atoms with E-state index >= 15 is 0 Å². The molecular weight excluding hydrogens is 298 g/mol. The fraction of sp³-hybridized carbons (Fsp3) is 0.353. The third-order valence-corrected chi connectivity index (χ3v) is 4.56. The number of aryl methyl sites for hydroxylation is 1. The number of fused-ring (bicyclic) bond motifs is 1. The average Bonchev–Trinajstić information content (AvgIpc) is 3.06. The Kier molecular flexibility index (Phi) is 4.63. The average molecular weight is 317 g/mol. The van der Waals surface area contributed by atoms with Gasteiger partial charge in [-0.25, -0.2) is 0 Å². The second-order valence-corrected chi connectivity index (χ2v) is 6.30. The van der Waals surface area contributed by atoms with Gasteiger partial charge in [0.05, 0.1) is 6.04 Å². The van der Waals surface area contributed by atoms with Crippen LogP contribution in [0.25, 0.3) is 0 Å². The van der Waals surface area contributed by atoms with Crippen LogP contribution in [-0.4, -0.2) is 19.1 Å². The molecular formula is C17H19NO3S. The van der Waals surface area contributed by atoms with Crippen LogP contribution in [0, 0.1) is 0 Å². The molecule has 1 N–H and O–H groups in total. The van der Waals surface area contributed by atoms with Gasteiger partial charge in [-0.05, 0) is 42.5 Å². The highest BCUT2D eigenvalue weighted by molar-refractivity contribution is 7.09. The summed E-state index contributed by atoms with van der Waals surface area (Å²) in [7, 11) is 0. The molecule has 22 heavy (non-hydrogen) atoms. The molecule has 0 unspecified atom stereocenters. The van der Waals surface area contributed by atoms with Crippen molar-refractivity contribution in [1.29, 1.82) is 0 Å². The summed E-state index contributed by atoms with van der Waals surface area (Å²) in [5.74, 6) is 1.59. The molecule has 0 saturated carbocycles. The van der Waals surface area contributed by atoms with Crippen LogP contribution in [0.5, 0.6) is 11.5 Å². The summed E-state index contributed by atoms with van der Waals surface area (Å²) in [5.41, 5.74) is 1.02. The molecule has 0 spiro atoms. The predicted molar refractivity (Wildman–Crippen MR) is 86.6 cm³/mol. The van der Waals surface area contributed by atoms with Gasteiger partial charge in [0.1, 0.15) is 13.2 Å². The standard InChI is InChI=1S/C17H19NO3S/c1-12(18-17(19)7-5-14-3-2-10-22-14)13-4-6-15-16(11-13)21-9-8-20-15/h2-4,6,10-12H,5,7-9H2,1H3,(H,18,19)/t12-/m0/s1. The van der Waals surface area contributed by atoms with E-state index in [2.05, 4.69) is 11.4 Å². The summed E-state index contributed by atoms with van der Waals surface area (Å²) < 4.78 is 11.1. The van der Waals surface area contributed by atoms with Gasteiger partial charge in [-0.3, -0.25) is 4.79 Å². The third kappa shape index (κ3) is 3.60. The number of carbonyl (C=O) groups is 1. The van der Waals surface area contributed by atoms with Crippen LogP contribution in [0.1, 0.15) is 29.8 Å². The van der Waals surface area contributed by atoms with Gasteiger partial charge in [-0.2, -0.15) is 0 Å². The maximum absolute atomic E-state index is 12.0. The topological polar surface area (TPSA) is 47.6 Å². The molecule has 0 aliphatic carbocycles. The molecule has 1 atom stereocenters. The van der Waals surface area contributed by atoms with E-state index < -0.39 is 0 Å². The molecule has 1 aliphatic rings. The zero-order valence-electron chi connectivity index (χ0n) is 12.5. The van der Waals surface area contributed by atoms with Crippen LogP contribution in [0.4, 0.5) is 0 Å². The number of rotatable bonds is 5. The number of thiophene rings is 1. The first-order chi connectivity index (χ1) is 10.7. The SMILES string of the molecule is C[C@H](NC(=O)CCc1cccs1)c1ccc2c(c1)OCCO2. The molecule has 2 heterocycles. The Morgan fingerprint density at radius 2 is 2.09 bits per heavy atom. The van der Waals surface area contributed by atoms with E-state index in [0.29, 0.717) is 19.6 Å². The van der Waals surface area contributed by atoms with Crippen molar-refractivity contribution in [3.63, 3.8) is 0 Å². The fourth-order valence-corrected chi connectivity index (χ4v) is 3.13. The second kappa shape index (κ2) is 6.83. The predicted octanol–water partition coefficient (Wildman–Crippen LogP) is 3.33. The Labute approximate surface area is 134 Å². The number of ether oxygens (including phenoxy) is 2. The van der Waals surface area contributed by atoms with E-state index in [4.69, 9.17) is 9.47 Å². The maximum Gasteiger partial charge on any atom is 0.220 e. The summed E-state index contributed by atoms with van der Waals surface area (Å²) in [6.45, 7) is 3.13.